The Labute approximate surface area is 266 Å². The molecule has 4 heterocycles. The summed E-state index contributed by atoms with van der Waals surface area (Å²) in [7, 11) is 1.50. The third kappa shape index (κ3) is 5.53. The fourth-order valence-corrected chi connectivity index (χ4v) is 7.06. The van der Waals surface area contributed by atoms with Crippen molar-refractivity contribution in [1.29, 1.82) is 0 Å². The third-order valence-electron chi connectivity index (χ3n) is 7.43. The summed E-state index contributed by atoms with van der Waals surface area (Å²) in [6.07, 6.45) is 1.82. The second-order valence-corrected chi connectivity index (χ2v) is 12.4. The zero-order chi connectivity index (χ0) is 31.8. The first-order valence-corrected chi connectivity index (χ1v) is 15.8. The lowest BCUT2D eigenvalue weighted by molar-refractivity contribution is -0.132. The Bertz CT molecular complexity index is 1970. The maximum atomic E-state index is 13.8. The van der Waals surface area contributed by atoms with E-state index < -0.39 is 23.5 Å². The van der Waals surface area contributed by atoms with Crippen LogP contribution in [0.5, 0.6) is 11.5 Å². The number of nitrogens with zero attached hydrogens (tertiary/aromatic N) is 5. The number of aliphatic hydroxyl groups is 1. The van der Waals surface area contributed by atoms with Gasteiger partial charge in [-0.15, -0.1) is 10.2 Å². The zero-order valence-corrected chi connectivity index (χ0v) is 26.4. The molecule has 1 aliphatic heterocycles. The van der Waals surface area contributed by atoms with Gasteiger partial charge in [0.2, 0.25) is 5.13 Å². The molecule has 1 aliphatic rings. The van der Waals surface area contributed by atoms with E-state index >= 15 is 0 Å². The molecule has 0 aliphatic carbocycles. The molecule has 2 aromatic carbocycles. The first-order chi connectivity index (χ1) is 21.7. The summed E-state index contributed by atoms with van der Waals surface area (Å²) in [6.45, 7) is 5.94. The SMILES string of the molecule is CCOc1ccc(C2C(=C(O)c3nc4c(C)cccn4c3C)C(=O)C(=O)N2c2nnc(SCc3ccc(F)cc3)s2)cc1OC. The number of methoxy groups -OCH3 is 1. The van der Waals surface area contributed by atoms with E-state index in [0.29, 0.717) is 45.1 Å². The van der Waals surface area contributed by atoms with Crippen LogP contribution in [0, 0.1) is 19.7 Å². The number of ether oxygens (including phenoxy) is 2. The smallest absolute Gasteiger partial charge is 0.301 e. The van der Waals surface area contributed by atoms with Gasteiger partial charge in [-0.2, -0.15) is 0 Å². The average Bonchev–Trinajstić information content (AvgIpc) is 3.72. The van der Waals surface area contributed by atoms with Crippen LogP contribution in [0.4, 0.5) is 9.52 Å². The van der Waals surface area contributed by atoms with Crippen molar-refractivity contribution in [1.82, 2.24) is 19.6 Å². The largest absolute Gasteiger partial charge is 0.505 e. The number of amides is 1. The molecule has 1 unspecified atom stereocenters. The van der Waals surface area contributed by atoms with Crippen molar-refractivity contribution in [3.05, 3.63) is 100 Å². The van der Waals surface area contributed by atoms with Crippen molar-refractivity contribution >= 4 is 51.3 Å². The summed E-state index contributed by atoms with van der Waals surface area (Å²) in [5.41, 5.74) is 3.55. The highest BCUT2D eigenvalue weighted by molar-refractivity contribution is 8.00. The lowest BCUT2D eigenvalue weighted by Crippen LogP contribution is -2.29. The van der Waals surface area contributed by atoms with Crippen molar-refractivity contribution in [2.75, 3.05) is 18.6 Å². The number of halogens is 1. The Kier molecular flexibility index (Phi) is 8.30. The number of aromatic nitrogens is 4. The van der Waals surface area contributed by atoms with Gasteiger partial charge in [0.1, 0.15) is 17.2 Å². The molecule has 1 N–H and O–H groups in total. The molecule has 0 spiro atoms. The molecule has 5 aromatic rings. The van der Waals surface area contributed by atoms with E-state index in [2.05, 4.69) is 15.2 Å². The molecule has 0 saturated carbocycles. The molecule has 0 radical (unpaired) electrons. The van der Waals surface area contributed by atoms with E-state index in [1.165, 1.54) is 35.9 Å². The summed E-state index contributed by atoms with van der Waals surface area (Å²) in [6, 6.07) is 13.9. The van der Waals surface area contributed by atoms with Crippen LogP contribution in [0.15, 0.2) is 70.7 Å². The van der Waals surface area contributed by atoms with Gasteiger partial charge in [-0.25, -0.2) is 9.37 Å². The van der Waals surface area contributed by atoms with E-state index in [1.54, 1.807) is 37.3 Å². The highest BCUT2D eigenvalue weighted by atomic mass is 32.2. The first kappa shape index (κ1) is 30.3. The van der Waals surface area contributed by atoms with Crippen LogP contribution >= 0.6 is 23.1 Å². The fraction of sp³-hybridized carbons (Fsp3) is 0.219. The van der Waals surface area contributed by atoms with Crippen molar-refractivity contribution in [3.8, 4) is 11.5 Å². The van der Waals surface area contributed by atoms with E-state index in [1.807, 2.05) is 36.6 Å². The van der Waals surface area contributed by atoms with Gasteiger partial charge < -0.3 is 19.0 Å². The minimum absolute atomic E-state index is 0.133. The molecule has 230 valence electrons. The number of benzene rings is 2. The second-order valence-electron chi connectivity index (χ2n) is 10.2. The number of aryl methyl sites for hydroxylation is 2. The van der Waals surface area contributed by atoms with Gasteiger partial charge in [-0.05, 0) is 67.8 Å². The van der Waals surface area contributed by atoms with E-state index in [4.69, 9.17) is 9.47 Å². The number of hydrogen-bond acceptors (Lipinski definition) is 10. The Morgan fingerprint density at radius 1 is 1.09 bits per heavy atom. The van der Waals surface area contributed by atoms with Gasteiger partial charge in [0.05, 0.1) is 31.0 Å². The zero-order valence-electron chi connectivity index (χ0n) is 24.8. The predicted molar refractivity (Wildman–Crippen MR) is 169 cm³/mol. The van der Waals surface area contributed by atoms with Gasteiger partial charge in [0, 0.05) is 11.9 Å². The number of pyridine rings is 1. The first-order valence-electron chi connectivity index (χ1n) is 14.0. The maximum absolute atomic E-state index is 13.8. The van der Waals surface area contributed by atoms with Crippen molar-refractivity contribution < 1.29 is 28.6 Å². The number of anilines is 1. The highest BCUT2D eigenvalue weighted by Gasteiger charge is 2.49. The minimum Gasteiger partial charge on any atom is -0.505 e. The second kappa shape index (κ2) is 12.3. The van der Waals surface area contributed by atoms with Crippen molar-refractivity contribution in [2.45, 2.75) is 36.9 Å². The maximum Gasteiger partial charge on any atom is 0.301 e. The number of ketones is 1. The lowest BCUT2D eigenvalue weighted by atomic mass is 9.96. The van der Waals surface area contributed by atoms with Crippen LogP contribution in [0.1, 0.15) is 41.0 Å². The van der Waals surface area contributed by atoms with Gasteiger partial charge >= 0.3 is 5.91 Å². The molecular weight excluding hydrogens is 618 g/mol. The molecule has 45 heavy (non-hydrogen) atoms. The third-order valence-corrected chi connectivity index (χ3v) is 9.56. The van der Waals surface area contributed by atoms with Crippen LogP contribution in [0.2, 0.25) is 0 Å². The summed E-state index contributed by atoms with van der Waals surface area (Å²) >= 11 is 2.51. The normalized spacial score (nSPS) is 16.1. The van der Waals surface area contributed by atoms with Crippen molar-refractivity contribution in [2.24, 2.45) is 0 Å². The molecule has 1 fully saturated rings. The lowest BCUT2D eigenvalue weighted by Gasteiger charge is -2.23. The number of aliphatic hydroxyl groups excluding tert-OH is 1. The van der Waals surface area contributed by atoms with E-state index in [-0.39, 0.29) is 22.2 Å². The summed E-state index contributed by atoms with van der Waals surface area (Å²) in [5.74, 6) is -1.08. The summed E-state index contributed by atoms with van der Waals surface area (Å²) in [5, 5.41) is 20.5. The topological polar surface area (TPSA) is 119 Å². The van der Waals surface area contributed by atoms with Gasteiger partial charge in [0.15, 0.2) is 21.6 Å². The molecule has 1 saturated heterocycles. The fourth-order valence-electron chi connectivity index (χ4n) is 5.23. The number of fused-ring (bicyclic) bond motifs is 1. The molecule has 10 nitrogen and oxygen atoms in total. The quantitative estimate of drug-likeness (QED) is 0.0651. The number of carbonyl (C=O) groups excluding carboxylic acids is 2. The van der Waals surface area contributed by atoms with Gasteiger partial charge in [-0.1, -0.05) is 47.4 Å². The summed E-state index contributed by atoms with van der Waals surface area (Å²) in [4.78, 5) is 33.4. The Balaban J connectivity index is 1.46. The number of carbonyl (C=O) groups is 2. The Hall–Kier alpha value is -4.75. The number of hydrogen-bond donors (Lipinski definition) is 1. The number of Topliss-reactive ketones (excluding diaryl/α,β-unsaturated/α-hetero) is 1. The molecule has 0 bridgehead atoms. The van der Waals surface area contributed by atoms with E-state index in [9.17, 15) is 19.1 Å². The van der Waals surface area contributed by atoms with Crippen molar-refractivity contribution in [3.63, 3.8) is 0 Å². The highest BCUT2D eigenvalue weighted by Crippen LogP contribution is 2.46. The molecule has 1 amide bonds. The number of rotatable bonds is 9. The molecule has 13 heteroatoms. The Morgan fingerprint density at radius 3 is 2.58 bits per heavy atom. The van der Waals surface area contributed by atoms with E-state index in [0.717, 1.165) is 22.5 Å². The van der Waals surface area contributed by atoms with Crippen LogP contribution in [0.25, 0.3) is 11.4 Å². The summed E-state index contributed by atoms with van der Waals surface area (Å²) < 4.78 is 27.0. The van der Waals surface area contributed by atoms with Crippen LogP contribution < -0.4 is 14.4 Å². The van der Waals surface area contributed by atoms with Gasteiger partial charge in [0.25, 0.3) is 5.78 Å². The average molecular weight is 646 g/mol. The number of thioether (sulfide) groups is 1. The Morgan fingerprint density at radius 2 is 1.87 bits per heavy atom. The molecule has 3 aromatic heterocycles. The predicted octanol–water partition coefficient (Wildman–Crippen LogP) is 6.27. The molecular formula is C32H28FN5O5S2. The monoisotopic (exact) mass is 645 g/mol. The standard InChI is InChI=1S/C32H28FN5O5S2/c1-5-43-22-13-10-20(15-23(22)42-4)26-24(27(39)25-18(3)37-14-6-7-17(2)29(37)34-25)28(40)30(41)38(26)31-35-36-32(45-31)44-16-19-8-11-21(33)12-9-19/h6-15,26,39H,5,16H2,1-4H3. The molecule has 6 rings (SSSR count). The van der Waals surface area contributed by atoms with Crippen LogP contribution in [-0.2, 0) is 15.3 Å². The molecule has 1 atom stereocenters. The van der Waals surface area contributed by atoms with Crippen LogP contribution in [0.3, 0.4) is 0 Å². The van der Waals surface area contributed by atoms with Crippen LogP contribution in [-0.4, -0.2) is 50.1 Å². The van der Waals surface area contributed by atoms with Gasteiger partial charge in [-0.3, -0.25) is 14.5 Å². The minimum atomic E-state index is -1.07. The number of imidazole rings is 1.